The van der Waals surface area contributed by atoms with Gasteiger partial charge < -0.3 is 24.4 Å². The number of urea groups is 1. The van der Waals surface area contributed by atoms with Crippen molar-refractivity contribution in [3.63, 3.8) is 0 Å². The smallest absolute Gasteiger partial charge is 0.321 e. The normalized spacial score (nSPS) is 15.0. The maximum atomic E-state index is 13.3. The van der Waals surface area contributed by atoms with E-state index in [1.807, 2.05) is 65.6 Å². The molecule has 0 spiro atoms. The van der Waals surface area contributed by atoms with Crippen LogP contribution in [-0.4, -0.2) is 57.3 Å². The predicted octanol–water partition coefficient (Wildman–Crippen LogP) is 3.86. The zero-order valence-electron chi connectivity index (χ0n) is 20.5. The molecule has 0 saturated carbocycles. The summed E-state index contributed by atoms with van der Waals surface area (Å²) in [6.07, 6.45) is 0.272. The number of hydrogen-bond acceptors (Lipinski definition) is 5. The van der Waals surface area contributed by atoms with Crippen LogP contribution in [0.25, 0.3) is 11.1 Å². The monoisotopic (exact) mass is 487 g/mol. The van der Waals surface area contributed by atoms with Crippen LogP contribution in [0.15, 0.2) is 60.7 Å². The number of benzene rings is 3. The fourth-order valence-corrected chi connectivity index (χ4v) is 4.62. The molecule has 8 nitrogen and oxygen atoms in total. The third kappa shape index (κ3) is 4.79. The Balaban J connectivity index is 1.35. The van der Waals surface area contributed by atoms with Gasteiger partial charge in [-0.3, -0.25) is 9.69 Å². The van der Waals surface area contributed by atoms with Gasteiger partial charge in [0.2, 0.25) is 5.91 Å². The van der Waals surface area contributed by atoms with Gasteiger partial charge in [-0.05, 0) is 53.1 Å². The average molecular weight is 488 g/mol. The summed E-state index contributed by atoms with van der Waals surface area (Å²) in [5.74, 6) is 2.10. The van der Waals surface area contributed by atoms with Gasteiger partial charge in [-0.25, -0.2) is 4.79 Å². The first kappa shape index (κ1) is 23.5. The van der Waals surface area contributed by atoms with Gasteiger partial charge in [0, 0.05) is 30.9 Å². The van der Waals surface area contributed by atoms with Gasteiger partial charge in [0.15, 0.2) is 11.5 Å². The highest BCUT2D eigenvalue weighted by atomic mass is 16.5. The van der Waals surface area contributed by atoms with E-state index in [1.54, 1.807) is 19.1 Å². The molecule has 0 radical (unpaired) electrons. The number of rotatable bonds is 6. The molecule has 8 heteroatoms. The summed E-state index contributed by atoms with van der Waals surface area (Å²) in [5, 5.41) is 2.80. The molecule has 3 aromatic carbocycles. The minimum Gasteiger partial charge on any atom is -0.497 e. The zero-order valence-corrected chi connectivity index (χ0v) is 20.5. The second kappa shape index (κ2) is 10.2. The number of carbonyl (C=O) groups excluding carboxylic acids is 2. The summed E-state index contributed by atoms with van der Waals surface area (Å²) in [6, 6.07) is 19.3. The number of anilines is 1. The number of amides is 3. The maximum absolute atomic E-state index is 13.3. The van der Waals surface area contributed by atoms with Gasteiger partial charge in [0.05, 0.1) is 27.2 Å². The van der Waals surface area contributed by atoms with Gasteiger partial charge >= 0.3 is 6.03 Å². The molecule has 1 saturated heterocycles. The van der Waals surface area contributed by atoms with E-state index in [-0.39, 0.29) is 18.4 Å². The summed E-state index contributed by atoms with van der Waals surface area (Å²) in [4.78, 5) is 28.7. The standard InChI is InChI=1S/C28H29N3O5/c1-34-24-5-3-4-20(16-24)21-15-22-18-30(12-13-36-27(22)25(17-21)35-2)26(32)14-19-6-8-23(9-7-19)31-11-10-29-28(31)33/h3-9,15-17H,10-14,18H2,1-2H3,(H,29,33). The number of fused-ring (bicyclic) bond motifs is 1. The minimum absolute atomic E-state index is 0.0175. The largest absolute Gasteiger partial charge is 0.497 e. The first-order valence-corrected chi connectivity index (χ1v) is 12.0. The van der Waals surface area contributed by atoms with Crippen molar-refractivity contribution in [2.75, 3.05) is 45.4 Å². The van der Waals surface area contributed by atoms with Crippen LogP contribution >= 0.6 is 0 Å². The van der Waals surface area contributed by atoms with E-state index in [0.717, 1.165) is 33.7 Å². The molecule has 0 unspecified atom stereocenters. The van der Waals surface area contributed by atoms with Crippen LogP contribution in [0.1, 0.15) is 11.1 Å². The fourth-order valence-electron chi connectivity index (χ4n) is 4.62. The lowest BCUT2D eigenvalue weighted by Gasteiger charge is -2.21. The molecule has 0 atom stereocenters. The van der Waals surface area contributed by atoms with E-state index >= 15 is 0 Å². The van der Waals surface area contributed by atoms with Crippen LogP contribution in [0.5, 0.6) is 17.2 Å². The molecule has 3 aromatic rings. The summed E-state index contributed by atoms with van der Waals surface area (Å²) in [6.45, 7) is 2.58. The molecule has 2 aliphatic heterocycles. The Hall–Kier alpha value is -4.20. The van der Waals surface area contributed by atoms with E-state index in [0.29, 0.717) is 44.3 Å². The first-order chi connectivity index (χ1) is 17.6. The minimum atomic E-state index is -0.0918. The van der Waals surface area contributed by atoms with Gasteiger partial charge in [0.25, 0.3) is 0 Å². The third-order valence-corrected chi connectivity index (χ3v) is 6.54. The second-order valence-corrected chi connectivity index (χ2v) is 8.79. The van der Waals surface area contributed by atoms with Gasteiger partial charge in [-0.1, -0.05) is 24.3 Å². The van der Waals surface area contributed by atoms with Crippen molar-refractivity contribution < 1.29 is 23.8 Å². The van der Waals surface area contributed by atoms with Crippen LogP contribution in [0.3, 0.4) is 0 Å². The van der Waals surface area contributed by atoms with Crippen molar-refractivity contribution in [3.8, 4) is 28.4 Å². The Bertz CT molecular complexity index is 1270. The summed E-state index contributed by atoms with van der Waals surface area (Å²) >= 11 is 0. The van der Waals surface area contributed by atoms with E-state index in [1.165, 1.54) is 0 Å². The lowest BCUT2D eigenvalue weighted by atomic mass is 10.0. The Morgan fingerprint density at radius 1 is 1.00 bits per heavy atom. The first-order valence-electron chi connectivity index (χ1n) is 12.0. The van der Waals surface area contributed by atoms with E-state index in [9.17, 15) is 9.59 Å². The van der Waals surface area contributed by atoms with Crippen molar-refractivity contribution in [1.29, 1.82) is 0 Å². The Morgan fingerprint density at radius 2 is 1.83 bits per heavy atom. The molecule has 2 heterocycles. The van der Waals surface area contributed by atoms with Crippen molar-refractivity contribution in [3.05, 3.63) is 71.8 Å². The lowest BCUT2D eigenvalue weighted by molar-refractivity contribution is -0.131. The Kier molecular flexibility index (Phi) is 6.66. The molecule has 0 aromatic heterocycles. The quantitative estimate of drug-likeness (QED) is 0.571. The number of ether oxygens (including phenoxy) is 3. The molecule has 0 aliphatic carbocycles. The number of methoxy groups -OCH3 is 2. The average Bonchev–Trinajstić information content (AvgIpc) is 3.21. The Labute approximate surface area is 210 Å². The van der Waals surface area contributed by atoms with E-state index < -0.39 is 0 Å². The SMILES string of the molecule is COc1cccc(-c2cc3c(c(OC)c2)OCCN(C(=O)Cc2ccc(N4CCNC4=O)cc2)C3)c1. The highest BCUT2D eigenvalue weighted by Gasteiger charge is 2.24. The van der Waals surface area contributed by atoms with E-state index in [4.69, 9.17) is 14.2 Å². The molecule has 0 bridgehead atoms. The van der Waals surface area contributed by atoms with Crippen molar-refractivity contribution in [1.82, 2.24) is 10.2 Å². The predicted molar refractivity (Wildman–Crippen MR) is 137 cm³/mol. The maximum Gasteiger partial charge on any atom is 0.321 e. The molecule has 1 N–H and O–H groups in total. The summed E-state index contributed by atoms with van der Waals surface area (Å²) in [7, 11) is 3.27. The molecule has 186 valence electrons. The van der Waals surface area contributed by atoms with Crippen molar-refractivity contribution >= 4 is 17.6 Å². The van der Waals surface area contributed by atoms with Crippen LogP contribution in [0.4, 0.5) is 10.5 Å². The topological polar surface area (TPSA) is 80.3 Å². The lowest BCUT2D eigenvalue weighted by Crippen LogP contribution is -2.33. The molecular formula is C28H29N3O5. The third-order valence-electron chi connectivity index (χ3n) is 6.54. The molecule has 5 rings (SSSR count). The second-order valence-electron chi connectivity index (χ2n) is 8.79. The molecule has 36 heavy (non-hydrogen) atoms. The summed E-state index contributed by atoms with van der Waals surface area (Å²) < 4.78 is 17.1. The molecule has 3 amide bonds. The van der Waals surface area contributed by atoms with Crippen molar-refractivity contribution in [2.45, 2.75) is 13.0 Å². The number of hydrogen-bond donors (Lipinski definition) is 1. The molecule has 1 fully saturated rings. The Morgan fingerprint density at radius 3 is 2.56 bits per heavy atom. The number of nitrogens with zero attached hydrogens (tertiary/aromatic N) is 2. The summed E-state index contributed by atoms with van der Waals surface area (Å²) in [5.41, 5.74) is 4.58. The molecule has 2 aliphatic rings. The van der Waals surface area contributed by atoms with Gasteiger partial charge in [0.1, 0.15) is 12.4 Å². The number of carbonyl (C=O) groups is 2. The van der Waals surface area contributed by atoms with Crippen LogP contribution in [0.2, 0.25) is 0 Å². The highest BCUT2D eigenvalue weighted by Crippen LogP contribution is 2.39. The van der Waals surface area contributed by atoms with Crippen LogP contribution in [-0.2, 0) is 17.8 Å². The van der Waals surface area contributed by atoms with Gasteiger partial charge in [-0.15, -0.1) is 0 Å². The van der Waals surface area contributed by atoms with Gasteiger partial charge in [-0.2, -0.15) is 0 Å². The van der Waals surface area contributed by atoms with E-state index in [2.05, 4.69) is 5.32 Å². The van der Waals surface area contributed by atoms with Crippen molar-refractivity contribution in [2.24, 2.45) is 0 Å². The van der Waals surface area contributed by atoms with Crippen LogP contribution in [0, 0.1) is 0 Å². The fraction of sp³-hybridized carbons (Fsp3) is 0.286. The molecular weight excluding hydrogens is 458 g/mol. The highest BCUT2D eigenvalue weighted by molar-refractivity contribution is 5.94. The van der Waals surface area contributed by atoms with Crippen LogP contribution < -0.4 is 24.4 Å². The number of nitrogens with one attached hydrogen (secondary N) is 1. The zero-order chi connectivity index (χ0) is 25.1.